The molecule has 0 spiro atoms. The van der Waals surface area contributed by atoms with Gasteiger partial charge in [0, 0.05) is 32.3 Å². The van der Waals surface area contributed by atoms with Crippen LogP contribution in [0.15, 0.2) is 143 Å². The predicted molar refractivity (Wildman–Crippen MR) is 172 cm³/mol. The van der Waals surface area contributed by atoms with Gasteiger partial charge in [0.1, 0.15) is 16.5 Å². The first-order valence-corrected chi connectivity index (χ1v) is 14.8. The van der Waals surface area contributed by atoms with Crippen molar-refractivity contribution in [3.63, 3.8) is 0 Å². The van der Waals surface area contributed by atoms with Crippen LogP contribution in [0.5, 0.6) is 0 Å². The highest BCUT2D eigenvalue weighted by molar-refractivity contribution is 8.00. The highest BCUT2D eigenvalue weighted by atomic mass is 32.2. The van der Waals surface area contributed by atoms with Gasteiger partial charge in [-0.25, -0.2) is 0 Å². The van der Waals surface area contributed by atoms with E-state index in [1.807, 2.05) is 17.8 Å². The summed E-state index contributed by atoms with van der Waals surface area (Å²) < 4.78 is 8.85. The molecule has 0 bridgehead atoms. The molecule has 0 radical (unpaired) electrons. The van der Waals surface area contributed by atoms with E-state index in [0.717, 1.165) is 33.2 Å². The molecule has 0 saturated carbocycles. The third-order valence-corrected chi connectivity index (χ3v) is 9.45. The summed E-state index contributed by atoms with van der Waals surface area (Å²) in [6.45, 7) is 0. The van der Waals surface area contributed by atoms with E-state index >= 15 is 0 Å². The third kappa shape index (κ3) is 3.41. The topological polar surface area (TPSA) is 30.1 Å². The molecule has 194 valence electrons. The van der Waals surface area contributed by atoms with Gasteiger partial charge in [0.05, 0.1) is 22.1 Å². The van der Waals surface area contributed by atoms with Crippen LogP contribution in [-0.2, 0) is 0 Å². The second kappa shape index (κ2) is 8.79. The van der Waals surface area contributed by atoms with Crippen LogP contribution in [0, 0.1) is 0 Å². The zero-order chi connectivity index (χ0) is 26.9. The van der Waals surface area contributed by atoms with Gasteiger partial charge in [-0.2, -0.15) is 0 Å². The summed E-state index contributed by atoms with van der Waals surface area (Å²) >= 11 is 1.87. The number of furan rings is 1. The first-order valence-electron chi connectivity index (χ1n) is 13.9. The Morgan fingerprint density at radius 1 is 0.634 bits per heavy atom. The van der Waals surface area contributed by atoms with E-state index in [0.29, 0.717) is 0 Å². The molecule has 1 aliphatic heterocycles. The Balaban J connectivity index is 1.15. The van der Waals surface area contributed by atoms with Gasteiger partial charge < -0.3 is 14.3 Å². The number of benzene rings is 6. The Hall–Kier alpha value is -4.93. The van der Waals surface area contributed by atoms with Crippen LogP contribution in [0.2, 0.25) is 0 Å². The number of rotatable bonds is 3. The zero-order valence-corrected chi connectivity index (χ0v) is 22.9. The lowest BCUT2D eigenvalue weighted by atomic mass is 10.0. The molecule has 0 saturated heterocycles. The largest absolute Gasteiger partial charge is 0.455 e. The van der Waals surface area contributed by atoms with Crippen molar-refractivity contribution in [3.05, 3.63) is 139 Å². The first kappa shape index (κ1) is 22.8. The number of fused-ring (bicyclic) bond motifs is 8. The van der Waals surface area contributed by atoms with Crippen molar-refractivity contribution in [1.82, 2.24) is 4.57 Å². The number of nitrogens with zero attached hydrogens (tertiary/aromatic N) is 1. The van der Waals surface area contributed by atoms with E-state index in [4.69, 9.17) is 4.42 Å². The maximum Gasteiger partial charge on any atom is 0.145 e. The second-order valence-corrected chi connectivity index (χ2v) is 11.7. The van der Waals surface area contributed by atoms with Gasteiger partial charge >= 0.3 is 0 Å². The number of hydrogen-bond acceptors (Lipinski definition) is 3. The van der Waals surface area contributed by atoms with Crippen molar-refractivity contribution < 1.29 is 4.42 Å². The molecule has 0 fully saturated rings. The third-order valence-electron chi connectivity index (χ3n) is 8.25. The smallest absolute Gasteiger partial charge is 0.145 e. The fourth-order valence-corrected chi connectivity index (χ4v) is 7.57. The highest BCUT2D eigenvalue weighted by Crippen LogP contribution is 2.53. The Kier molecular flexibility index (Phi) is 4.89. The minimum absolute atomic E-state index is 0.111. The summed E-state index contributed by atoms with van der Waals surface area (Å²) in [5, 5.41) is 8.84. The molecule has 3 heterocycles. The molecular weight excluding hydrogens is 520 g/mol. The Bertz CT molecular complexity index is 2210. The summed E-state index contributed by atoms with van der Waals surface area (Å²) in [5.74, 6) is 0. The molecule has 2 aromatic heterocycles. The Morgan fingerprint density at radius 3 is 2.00 bits per heavy atom. The average molecular weight is 545 g/mol. The fourth-order valence-electron chi connectivity index (χ4n) is 6.38. The number of thioether (sulfide) groups is 1. The minimum Gasteiger partial charge on any atom is -0.455 e. The van der Waals surface area contributed by atoms with Gasteiger partial charge in [0.25, 0.3) is 0 Å². The van der Waals surface area contributed by atoms with E-state index in [9.17, 15) is 0 Å². The van der Waals surface area contributed by atoms with E-state index < -0.39 is 0 Å². The molecule has 0 aliphatic carbocycles. The maximum absolute atomic E-state index is 6.48. The van der Waals surface area contributed by atoms with Gasteiger partial charge in [0.15, 0.2) is 0 Å². The summed E-state index contributed by atoms with van der Waals surface area (Å²) in [6, 6.07) is 47.5. The lowest BCUT2D eigenvalue weighted by Gasteiger charge is -2.13. The molecule has 8 aromatic rings. The molecule has 1 aliphatic rings. The quantitative estimate of drug-likeness (QED) is 0.240. The monoisotopic (exact) mass is 544 g/mol. The lowest BCUT2D eigenvalue weighted by molar-refractivity contribution is 0.670. The molecule has 6 aromatic carbocycles. The molecule has 0 amide bonds. The average Bonchev–Trinajstić information content (AvgIpc) is 3.73. The molecular formula is C37H24N2OS. The van der Waals surface area contributed by atoms with Crippen molar-refractivity contribution in [2.45, 2.75) is 10.3 Å². The summed E-state index contributed by atoms with van der Waals surface area (Å²) in [7, 11) is 0. The van der Waals surface area contributed by atoms with Crippen molar-refractivity contribution >= 4 is 61.2 Å². The molecule has 1 atom stereocenters. The van der Waals surface area contributed by atoms with Gasteiger partial charge in [-0.15, -0.1) is 0 Å². The van der Waals surface area contributed by atoms with Crippen LogP contribution in [-0.4, -0.2) is 4.57 Å². The minimum atomic E-state index is 0.111. The molecule has 4 heteroatoms. The van der Waals surface area contributed by atoms with Crippen LogP contribution in [0.4, 0.5) is 5.69 Å². The summed E-state index contributed by atoms with van der Waals surface area (Å²) in [5.41, 5.74) is 10.2. The van der Waals surface area contributed by atoms with Crippen LogP contribution >= 0.6 is 11.8 Å². The maximum atomic E-state index is 6.48. The molecule has 41 heavy (non-hydrogen) atoms. The normalized spacial score (nSPS) is 14.7. The number of nitrogens with one attached hydrogen (secondary N) is 1. The van der Waals surface area contributed by atoms with Crippen molar-refractivity contribution in [1.29, 1.82) is 0 Å². The van der Waals surface area contributed by atoms with Gasteiger partial charge in [-0.1, -0.05) is 109 Å². The van der Waals surface area contributed by atoms with Crippen molar-refractivity contribution in [3.8, 4) is 16.8 Å². The van der Waals surface area contributed by atoms with Crippen LogP contribution in [0.1, 0.15) is 10.9 Å². The SMILES string of the molecule is c1ccc(-c2cc3c(c4c2oc2ccccc24)NC(c2ccc(-n4c5ccccc5c5ccccc54)cc2)S3)cc1. The Morgan fingerprint density at radius 2 is 1.27 bits per heavy atom. The number of anilines is 1. The molecule has 9 rings (SSSR count). The Labute approximate surface area is 241 Å². The van der Waals surface area contributed by atoms with Gasteiger partial charge in [-0.3, -0.25) is 0 Å². The van der Waals surface area contributed by atoms with E-state index in [1.54, 1.807) is 0 Å². The standard InChI is InChI=1S/C37H24N2OS/c1-2-10-23(11-3-1)29-22-33-35(34-28-14-6-9-17-32(28)40-36(29)34)38-37(41-33)24-18-20-25(21-19-24)39-30-15-7-4-12-26(30)27-13-5-8-16-31(27)39/h1-22,37-38H. The number of hydrogen-bond donors (Lipinski definition) is 1. The van der Waals surface area contributed by atoms with Crippen molar-refractivity contribution in [2.24, 2.45) is 0 Å². The van der Waals surface area contributed by atoms with Gasteiger partial charge in [0.2, 0.25) is 0 Å². The summed E-state index contributed by atoms with van der Waals surface area (Å²) in [6.07, 6.45) is 0. The molecule has 3 nitrogen and oxygen atoms in total. The van der Waals surface area contributed by atoms with Crippen LogP contribution in [0.3, 0.4) is 0 Å². The lowest BCUT2D eigenvalue weighted by Crippen LogP contribution is -2.02. The predicted octanol–water partition coefficient (Wildman–Crippen LogP) is 10.6. The summed E-state index contributed by atoms with van der Waals surface area (Å²) in [4.78, 5) is 1.25. The van der Waals surface area contributed by atoms with E-state index in [-0.39, 0.29) is 5.37 Å². The number of para-hydroxylation sites is 3. The van der Waals surface area contributed by atoms with Gasteiger partial charge in [-0.05, 0) is 47.5 Å². The first-order chi connectivity index (χ1) is 20.3. The molecule has 1 unspecified atom stereocenters. The van der Waals surface area contributed by atoms with Crippen LogP contribution < -0.4 is 5.32 Å². The zero-order valence-electron chi connectivity index (χ0n) is 22.0. The van der Waals surface area contributed by atoms with E-state index in [2.05, 4.69) is 137 Å². The number of aromatic nitrogens is 1. The van der Waals surface area contributed by atoms with Crippen molar-refractivity contribution in [2.75, 3.05) is 5.32 Å². The highest BCUT2D eigenvalue weighted by Gasteiger charge is 2.29. The van der Waals surface area contributed by atoms with Crippen LogP contribution in [0.25, 0.3) is 60.6 Å². The second-order valence-electron chi connectivity index (χ2n) is 10.6. The van der Waals surface area contributed by atoms with E-state index in [1.165, 1.54) is 43.5 Å². The molecule has 1 N–H and O–H groups in total. The fraction of sp³-hybridized carbons (Fsp3) is 0.0270.